The van der Waals surface area contributed by atoms with Crippen molar-refractivity contribution < 1.29 is 38.0 Å². The molecule has 0 unspecified atom stereocenters. The first-order valence-corrected chi connectivity index (χ1v) is 24.0. The first-order chi connectivity index (χ1) is 32.4. The summed E-state index contributed by atoms with van der Waals surface area (Å²) in [6.07, 6.45) is 1.29. The van der Waals surface area contributed by atoms with Crippen molar-refractivity contribution in [3.05, 3.63) is 91.2 Å². The molecule has 6 aliphatic rings. The van der Waals surface area contributed by atoms with E-state index in [0.29, 0.717) is 77.7 Å². The lowest BCUT2D eigenvalue weighted by Gasteiger charge is -2.37. The Morgan fingerprint density at radius 3 is 1.57 bits per heavy atom. The lowest BCUT2D eigenvalue weighted by atomic mass is 9.93. The summed E-state index contributed by atoms with van der Waals surface area (Å²) in [5, 5.41) is 3.40. The van der Waals surface area contributed by atoms with E-state index in [0.717, 1.165) is 105 Å². The van der Waals surface area contributed by atoms with Crippen molar-refractivity contribution in [2.24, 2.45) is 0 Å². The van der Waals surface area contributed by atoms with Crippen molar-refractivity contribution in [2.75, 3.05) is 115 Å². The number of carbonyl (C=O) groups excluding carboxylic acids is 1. The molecule has 2 atom stereocenters. The van der Waals surface area contributed by atoms with Gasteiger partial charge in [0.2, 0.25) is 0 Å². The molecule has 2 aromatic heterocycles. The van der Waals surface area contributed by atoms with Crippen LogP contribution in [0.25, 0.3) is 22.5 Å². The van der Waals surface area contributed by atoms with Gasteiger partial charge in [-0.2, -0.15) is 0 Å². The number of amides is 1. The average Bonchev–Trinajstić information content (AvgIpc) is 3.35. The Labute approximate surface area is 392 Å². The van der Waals surface area contributed by atoms with Crippen molar-refractivity contribution in [3.8, 4) is 34.3 Å². The van der Waals surface area contributed by atoms with E-state index in [4.69, 9.17) is 33.2 Å². The molecule has 8 heterocycles. The summed E-state index contributed by atoms with van der Waals surface area (Å²) in [7, 11) is 0. The fourth-order valence-electron chi connectivity index (χ4n) is 9.75. The highest BCUT2D eigenvalue weighted by molar-refractivity contribution is 5.74. The summed E-state index contributed by atoms with van der Waals surface area (Å²) < 4.78 is 44.2. The lowest BCUT2D eigenvalue weighted by Crippen LogP contribution is -2.50. The van der Waals surface area contributed by atoms with E-state index >= 15 is 0 Å². The van der Waals surface area contributed by atoms with Crippen LogP contribution in [0.15, 0.2) is 58.1 Å². The Morgan fingerprint density at radius 2 is 1.12 bits per heavy atom. The number of hydrogen-bond acceptors (Lipinski definition) is 13. The Balaban J connectivity index is 0.000000171. The minimum atomic E-state index is -0.494. The first-order valence-electron chi connectivity index (χ1n) is 24.0. The number of nitrogens with one attached hydrogen (secondary N) is 1. The van der Waals surface area contributed by atoms with Gasteiger partial charge in [-0.05, 0) is 82.9 Å². The zero-order valence-electron chi connectivity index (χ0n) is 39.7. The molecular formula is C51H66N6O10. The Bertz CT molecular complexity index is 2530. The Kier molecular flexibility index (Phi) is 14.3. The minimum absolute atomic E-state index is 0.0103. The molecule has 4 fully saturated rings. The highest BCUT2D eigenvalue weighted by atomic mass is 16.6. The summed E-state index contributed by atoms with van der Waals surface area (Å²) in [6.45, 7) is 22.0. The molecule has 4 aromatic rings. The van der Waals surface area contributed by atoms with E-state index in [2.05, 4.69) is 60.6 Å². The van der Waals surface area contributed by atoms with Crippen LogP contribution in [0.5, 0.6) is 11.8 Å². The highest BCUT2D eigenvalue weighted by Gasteiger charge is 2.29. The van der Waals surface area contributed by atoms with Gasteiger partial charge in [0.25, 0.3) is 0 Å². The van der Waals surface area contributed by atoms with Gasteiger partial charge >= 0.3 is 6.09 Å². The summed E-state index contributed by atoms with van der Waals surface area (Å²) in [5.41, 5.74) is 10.0. The molecule has 16 nitrogen and oxygen atoms in total. The number of anilines is 2. The van der Waals surface area contributed by atoms with Crippen molar-refractivity contribution in [2.45, 2.75) is 78.4 Å². The summed E-state index contributed by atoms with van der Waals surface area (Å²) in [6, 6.07) is 16.3. The summed E-state index contributed by atoms with van der Waals surface area (Å²) in [4.78, 5) is 44.5. The van der Waals surface area contributed by atoms with E-state index in [-0.39, 0.29) is 29.2 Å². The standard InChI is InChI=1S/C28H37N3O6.C23H29N3O4/c1-19-24(32)16-25(36-18-22-17-34-13-14-35-22)31-8-7-20-15-21(5-6-23(20)26(19)31)29-9-11-30(12-10-29)27(33)37-28(2,3)4;1-16-21(27)13-22(30-15-19-14-28-10-11-29-19)26-7-4-17-12-18(2-3-20(17)23(16)26)25-8-5-24-6-9-25/h5-6,15-16,22H,7-14,17-18H2,1-4H3;2-3,12-13,19,24H,4-11,14-15H2,1H3/t22-;19-/m00/s1. The number of piperazine rings is 2. The third-order valence-corrected chi connectivity index (χ3v) is 13.3. The van der Waals surface area contributed by atoms with Crippen LogP contribution in [0.1, 0.15) is 43.0 Å². The zero-order valence-corrected chi connectivity index (χ0v) is 39.7. The maximum atomic E-state index is 12.9. The second-order valence-electron chi connectivity index (χ2n) is 19.1. The minimum Gasteiger partial charge on any atom is -0.476 e. The van der Waals surface area contributed by atoms with Crippen LogP contribution >= 0.6 is 0 Å². The average molecular weight is 923 g/mol. The molecule has 1 amide bonds. The van der Waals surface area contributed by atoms with Crippen molar-refractivity contribution >= 4 is 17.5 Å². The van der Waals surface area contributed by atoms with E-state index in [9.17, 15) is 14.4 Å². The lowest BCUT2D eigenvalue weighted by molar-refractivity contribution is -0.102. The third-order valence-electron chi connectivity index (χ3n) is 13.3. The molecule has 6 aliphatic heterocycles. The van der Waals surface area contributed by atoms with Gasteiger partial charge in [-0.3, -0.25) is 9.59 Å². The Hall–Kier alpha value is -5.39. The monoisotopic (exact) mass is 922 g/mol. The quantitative estimate of drug-likeness (QED) is 0.258. The van der Waals surface area contributed by atoms with Crippen LogP contribution in [-0.2, 0) is 49.6 Å². The fraction of sp³-hybridized carbons (Fsp3) is 0.549. The summed E-state index contributed by atoms with van der Waals surface area (Å²) >= 11 is 0. The maximum Gasteiger partial charge on any atom is 0.410 e. The molecule has 0 radical (unpaired) electrons. The maximum absolute atomic E-state index is 12.9. The van der Waals surface area contributed by atoms with Gasteiger partial charge in [0.1, 0.15) is 31.0 Å². The number of hydrogen-bond donors (Lipinski definition) is 1. The van der Waals surface area contributed by atoms with Gasteiger partial charge in [0, 0.05) is 111 Å². The number of rotatable bonds is 8. The SMILES string of the molecule is Cc1c2n(c(OC[C@@H]3COCCO3)cc1=O)CCc1cc(N3CCN(C(=O)OC(C)(C)C)CC3)ccc1-2.Cc1c2n(c(OC[C@@H]3COCCO3)cc1=O)CCc1cc(N3CCNCC3)ccc1-2. The van der Waals surface area contributed by atoms with E-state index in [1.165, 1.54) is 16.8 Å². The van der Waals surface area contributed by atoms with Crippen LogP contribution in [0.3, 0.4) is 0 Å². The topological polar surface area (TPSA) is 147 Å². The fourth-order valence-corrected chi connectivity index (χ4v) is 9.75. The molecule has 16 heteroatoms. The van der Waals surface area contributed by atoms with Gasteiger partial charge in [0.15, 0.2) is 22.6 Å². The molecule has 1 N–H and O–H groups in total. The molecule has 2 aromatic carbocycles. The van der Waals surface area contributed by atoms with E-state index in [1.807, 2.05) is 34.6 Å². The number of benzene rings is 2. The Morgan fingerprint density at radius 1 is 0.642 bits per heavy atom. The summed E-state index contributed by atoms with van der Waals surface area (Å²) in [5.74, 6) is 1.19. The molecular weight excluding hydrogens is 857 g/mol. The number of aryl methyl sites for hydroxylation is 2. The molecule has 67 heavy (non-hydrogen) atoms. The normalized spacial score (nSPS) is 20.3. The predicted octanol–water partition coefficient (Wildman–Crippen LogP) is 4.81. The van der Waals surface area contributed by atoms with Crippen LogP contribution in [-0.4, -0.2) is 143 Å². The third kappa shape index (κ3) is 10.7. The molecule has 0 saturated carbocycles. The highest BCUT2D eigenvalue weighted by Crippen LogP contribution is 2.38. The second-order valence-corrected chi connectivity index (χ2v) is 19.1. The van der Waals surface area contributed by atoms with Gasteiger partial charge in [-0.1, -0.05) is 12.1 Å². The van der Waals surface area contributed by atoms with Gasteiger partial charge in [-0.15, -0.1) is 0 Å². The van der Waals surface area contributed by atoms with Crippen LogP contribution < -0.4 is 35.4 Å². The van der Waals surface area contributed by atoms with Crippen molar-refractivity contribution in [3.63, 3.8) is 0 Å². The van der Waals surface area contributed by atoms with Crippen LogP contribution in [0, 0.1) is 13.8 Å². The molecule has 0 spiro atoms. The van der Waals surface area contributed by atoms with Crippen LogP contribution in [0.2, 0.25) is 0 Å². The largest absolute Gasteiger partial charge is 0.476 e. The van der Waals surface area contributed by atoms with Crippen LogP contribution in [0.4, 0.5) is 16.2 Å². The van der Waals surface area contributed by atoms with Gasteiger partial charge in [0.05, 0.1) is 51.0 Å². The predicted molar refractivity (Wildman–Crippen MR) is 256 cm³/mol. The number of nitrogens with zero attached hydrogens (tertiary/aromatic N) is 5. The van der Waals surface area contributed by atoms with E-state index < -0.39 is 5.60 Å². The van der Waals surface area contributed by atoms with Crippen molar-refractivity contribution in [1.29, 1.82) is 0 Å². The second kappa shape index (κ2) is 20.5. The van der Waals surface area contributed by atoms with E-state index in [1.54, 1.807) is 17.0 Å². The molecule has 10 rings (SSSR count). The number of ether oxygens (including phenoxy) is 7. The number of aromatic nitrogens is 2. The van der Waals surface area contributed by atoms with Crippen molar-refractivity contribution in [1.82, 2.24) is 19.4 Å². The molecule has 0 bridgehead atoms. The molecule has 4 saturated heterocycles. The van der Waals surface area contributed by atoms with Gasteiger partial charge < -0.3 is 62.3 Å². The molecule has 360 valence electrons. The van der Waals surface area contributed by atoms with Gasteiger partial charge in [-0.25, -0.2) is 4.79 Å². The smallest absolute Gasteiger partial charge is 0.410 e. The first kappa shape index (κ1) is 46.7. The molecule has 0 aliphatic carbocycles. The number of fused-ring (bicyclic) bond motifs is 6. The number of carbonyl (C=O) groups is 1. The zero-order chi connectivity index (χ0) is 46.7. The number of pyridine rings is 2.